The first-order valence-electron chi connectivity index (χ1n) is 6.17. The molecule has 1 heterocycles. The van der Waals surface area contributed by atoms with Crippen LogP contribution in [0.5, 0.6) is 0 Å². The third kappa shape index (κ3) is 2.20. The van der Waals surface area contributed by atoms with Crippen LogP contribution in [0.3, 0.4) is 0 Å². The minimum absolute atomic E-state index is 0.225. The molecule has 0 radical (unpaired) electrons. The largest absolute Gasteiger partial charge is 0.501 e. The Morgan fingerprint density at radius 2 is 2.27 bits per heavy atom. The second-order valence-corrected chi connectivity index (χ2v) is 5.68. The van der Waals surface area contributed by atoms with Crippen molar-refractivity contribution in [3.8, 4) is 0 Å². The van der Waals surface area contributed by atoms with Gasteiger partial charge < -0.3 is 10.5 Å². The molecule has 0 spiro atoms. The van der Waals surface area contributed by atoms with E-state index in [1.54, 1.807) is 0 Å². The van der Waals surface area contributed by atoms with E-state index in [2.05, 4.69) is 13.8 Å². The summed E-state index contributed by atoms with van der Waals surface area (Å²) in [5.41, 5.74) is 8.13. The molecule has 2 N–H and O–H groups in total. The SMILES string of the molecule is CC1(C)CCCC1C(N)C1=COCCC1. The van der Waals surface area contributed by atoms with Crippen LogP contribution in [-0.4, -0.2) is 12.6 Å². The Morgan fingerprint density at radius 3 is 2.80 bits per heavy atom. The highest BCUT2D eigenvalue weighted by atomic mass is 16.5. The molecule has 0 aromatic heterocycles. The number of hydrogen-bond donors (Lipinski definition) is 1. The van der Waals surface area contributed by atoms with Gasteiger partial charge in [-0.05, 0) is 42.6 Å². The van der Waals surface area contributed by atoms with Crippen molar-refractivity contribution in [2.45, 2.75) is 52.0 Å². The van der Waals surface area contributed by atoms with Crippen LogP contribution in [0.25, 0.3) is 0 Å². The molecule has 1 fully saturated rings. The lowest BCUT2D eigenvalue weighted by Crippen LogP contribution is -2.38. The molecule has 0 bridgehead atoms. The zero-order valence-corrected chi connectivity index (χ0v) is 9.96. The smallest absolute Gasteiger partial charge is 0.0876 e. The van der Waals surface area contributed by atoms with E-state index in [4.69, 9.17) is 10.5 Å². The molecule has 1 saturated carbocycles. The molecule has 1 aliphatic carbocycles. The second-order valence-electron chi connectivity index (χ2n) is 5.68. The third-order valence-electron chi connectivity index (χ3n) is 4.16. The van der Waals surface area contributed by atoms with Gasteiger partial charge in [-0.15, -0.1) is 0 Å². The maximum Gasteiger partial charge on any atom is 0.0876 e. The molecule has 86 valence electrons. The van der Waals surface area contributed by atoms with Gasteiger partial charge in [0.2, 0.25) is 0 Å². The van der Waals surface area contributed by atoms with Gasteiger partial charge in [-0.3, -0.25) is 0 Å². The van der Waals surface area contributed by atoms with Crippen LogP contribution in [0, 0.1) is 11.3 Å². The number of hydrogen-bond acceptors (Lipinski definition) is 2. The molecule has 2 atom stereocenters. The van der Waals surface area contributed by atoms with Gasteiger partial charge in [-0.25, -0.2) is 0 Å². The first-order chi connectivity index (χ1) is 7.11. The molecule has 2 heteroatoms. The van der Waals surface area contributed by atoms with E-state index >= 15 is 0 Å². The van der Waals surface area contributed by atoms with Gasteiger partial charge in [0.25, 0.3) is 0 Å². The Labute approximate surface area is 92.9 Å². The number of nitrogens with two attached hydrogens (primary N) is 1. The van der Waals surface area contributed by atoms with Crippen LogP contribution < -0.4 is 5.73 Å². The zero-order valence-electron chi connectivity index (χ0n) is 9.96. The predicted octanol–water partition coefficient (Wildman–Crippen LogP) is 2.83. The average molecular weight is 209 g/mol. The summed E-state index contributed by atoms with van der Waals surface area (Å²) in [7, 11) is 0. The molecule has 2 aliphatic rings. The lowest BCUT2D eigenvalue weighted by molar-refractivity contribution is 0.197. The van der Waals surface area contributed by atoms with Crippen LogP contribution in [-0.2, 0) is 4.74 Å². The first-order valence-corrected chi connectivity index (χ1v) is 6.17. The van der Waals surface area contributed by atoms with E-state index in [-0.39, 0.29) is 6.04 Å². The van der Waals surface area contributed by atoms with E-state index in [0.717, 1.165) is 19.4 Å². The Hall–Kier alpha value is -0.500. The number of ether oxygens (including phenoxy) is 1. The zero-order chi connectivity index (χ0) is 10.9. The van der Waals surface area contributed by atoms with Crippen molar-refractivity contribution in [3.63, 3.8) is 0 Å². The normalized spacial score (nSPS) is 31.9. The Morgan fingerprint density at radius 1 is 1.47 bits per heavy atom. The highest BCUT2D eigenvalue weighted by Crippen LogP contribution is 2.45. The first kappa shape index (κ1) is 11.0. The van der Waals surface area contributed by atoms with Gasteiger partial charge >= 0.3 is 0 Å². The molecule has 2 rings (SSSR count). The van der Waals surface area contributed by atoms with Gasteiger partial charge in [-0.2, -0.15) is 0 Å². The Kier molecular flexibility index (Phi) is 3.06. The summed E-state index contributed by atoms with van der Waals surface area (Å²) in [6.07, 6.45) is 8.12. The summed E-state index contributed by atoms with van der Waals surface area (Å²) in [5, 5.41) is 0. The molecular formula is C13H23NO. The van der Waals surface area contributed by atoms with E-state index < -0.39 is 0 Å². The van der Waals surface area contributed by atoms with E-state index in [1.807, 2.05) is 6.26 Å². The van der Waals surface area contributed by atoms with Gasteiger partial charge in [0.15, 0.2) is 0 Å². The van der Waals surface area contributed by atoms with Crippen molar-refractivity contribution in [2.75, 3.05) is 6.61 Å². The van der Waals surface area contributed by atoms with Gasteiger partial charge in [0.05, 0.1) is 12.9 Å². The van der Waals surface area contributed by atoms with Crippen LogP contribution in [0.1, 0.15) is 46.0 Å². The van der Waals surface area contributed by atoms with E-state index in [9.17, 15) is 0 Å². The van der Waals surface area contributed by atoms with Crippen molar-refractivity contribution >= 4 is 0 Å². The molecular weight excluding hydrogens is 186 g/mol. The average Bonchev–Trinajstić information content (AvgIpc) is 2.58. The maximum atomic E-state index is 6.38. The molecule has 2 nitrogen and oxygen atoms in total. The molecule has 2 unspecified atom stereocenters. The summed E-state index contributed by atoms with van der Waals surface area (Å²) < 4.78 is 5.39. The molecule has 0 saturated heterocycles. The van der Waals surface area contributed by atoms with Crippen molar-refractivity contribution in [1.29, 1.82) is 0 Å². The molecule has 1 aliphatic heterocycles. The fraction of sp³-hybridized carbons (Fsp3) is 0.846. The highest BCUT2D eigenvalue weighted by molar-refractivity contribution is 5.13. The summed E-state index contributed by atoms with van der Waals surface area (Å²) in [6, 6.07) is 0.225. The molecule has 0 amide bonds. The topological polar surface area (TPSA) is 35.2 Å². The van der Waals surface area contributed by atoms with Crippen molar-refractivity contribution in [3.05, 3.63) is 11.8 Å². The minimum atomic E-state index is 0.225. The highest BCUT2D eigenvalue weighted by Gasteiger charge is 2.39. The summed E-state index contributed by atoms with van der Waals surface area (Å²) >= 11 is 0. The lowest BCUT2D eigenvalue weighted by atomic mass is 9.75. The maximum absolute atomic E-state index is 6.38. The van der Waals surface area contributed by atoms with Gasteiger partial charge in [-0.1, -0.05) is 20.3 Å². The van der Waals surface area contributed by atoms with Crippen molar-refractivity contribution in [1.82, 2.24) is 0 Å². The third-order valence-corrected chi connectivity index (χ3v) is 4.16. The summed E-state index contributed by atoms with van der Waals surface area (Å²) in [6.45, 7) is 5.58. The van der Waals surface area contributed by atoms with Crippen LogP contribution >= 0.6 is 0 Å². The number of rotatable bonds is 2. The Bertz CT molecular complexity index is 257. The molecule has 15 heavy (non-hydrogen) atoms. The quantitative estimate of drug-likeness (QED) is 0.759. The summed E-state index contributed by atoms with van der Waals surface area (Å²) in [5.74, 6) is 0.644. The Balaban J connectivity index is 2.06. The lowest BCUT2D eigenvalue weighted by Gasteiger charge is -2.34. The minimum Gasteiger partial charge on any atom is -0.501 e. The van der Waals surface area contributed by atoms with Crippen LogP contribution in [0.2, 0.25) is 0 Å². The van der Waals surface area contributed by atoms with Crippen LogP contribution in [0.15, 0.2) is 11.8 Å². The fourth-order valence-electron chi connectivity index (χ4n) is 3.11. The monoisotopic (exact) mass is 209 g/mol. The standard InChI is InChI=1S/C13H23NO/c1-13(2)7-3-6-11(13)12(14)10-5-4-8-15-9-10/h9,11-12H,3-8,14H2,1-2H3. The van der Waals surface area contributed by atoms with E-state index in [0.29, 0.717) is 11.3 Å². The second kappa shape index (κ2) is 4.17. The van der Waals surface area contributed by atoms with Crippen molar-refractivity contribution < 1.29 is 4.74 Å². The van der Waals surface area contributed by atoms with Crippen LogP contribution in [0.4, 0.5) is 0 Å². The van der Waals surface area contributed by atoms with E-state index in [1.165, 1.54) is 24.8 Å². The van der Waals surface area contributed by atoms with Gasteiger partial charge in [0.1, 0.15) is 0 Å². The van der Waals surface area contributed by atoms with Gasteiger partial charge in [0, 0.05) is 6.04 Å². The van der Waals surface area contributed by atoms with Crippen molar-refractivity contribution in [2.24, 2.45) is 17.1 Å². The molecule has 0 aromatic carbocycles. The summed E-state index contributed by atoms with van der Waals surface area (Å²) in [4.78, 5) is 0. The predicted molar refractivity (Wildman–Crippen MR) is 62.4 cm³/mol. The fourth-order valence-corrected chi connectivity index (χ4v) is 3.11. The molecule has 0 aromatic rings.